The Labute approximate surface area is 219 Å². The number of benzene rings is 2. The third-order valence-corrected chi connectivity index (χ3v) is 5.08. The van der Waals surface area contributed by atoms with E-state index in [1.165, 1.54) is 0 Å². The fourth-order valence-corrected chi connectivity index (χ4v) is 3.40. The summed E-state index contributed by atoms with van der Waals surface area (Å²) in [5.74, 6) is 0.410. The van der Waals surface area contributed by atoms with E-state index in [4.69, 9.17) is 9.98 Å². The van der Waals surface area contributed by atoms with Crippen LogP contribution in [0.4, 0.5) is 0 Å². The van der Waals surface area contributed by atoms with Crippen LogP contribution < -0.4 is 37.2 Å². The average molecular weight is 536 g/mol. The minimum atomic E-state index is 0. The number of halogens is 3. The van der Waals surface area contributed by atoms with Gasteiger partial charge in [-0.1, -0.05) is 50.3 Å². The van der Waals surface area contributed by atoms with Gasteiger partial charge in [0.05, 0.1) is 12.1 Å². The molecule has 3 rings (SSSR count). The number of aromatic hydroxyl groups is 2. The van der Waals surface area contributed by atoms with Crippen molar-refractivity contribution in [2.75, 3.05) is 0 Å². The van der Waals surface area contributed by atoms with Gasteiger partial charge >= 0.3 is 17.1 Å². The van der Waals surface area contributed by atoms with Crippen molar-refractivity contribution in [3.05, 3.63) is 71.8 Å². The van der Waals surface area contributed by atoms with Crippen LogP contribution in [-0.4, -0.2) is 34.7 Å². The molecule has 32 heavy (non-hydrogen) atoms. The van der Waals surface area contributed by atoms with E-state index in [1.54, 1.807) is 36.7 Å². The van der Waals surface area contributed by atoms with Crippen LogP contribution in [0.15, 0.2) is 59.5 Å². The molecule has 2 aromatic carbocycles. The van der Waals surface area contributed by atoms with Gasteiger partial charge in [-0.3, -0.25) is 9.98 Å². The van der Waals surface area contributed by atoms with Gasteiger partial charge in [-0.2, -0.15) is 0 Å². The Morgan fingerprint density at radius 1 is 0.719 bits per heavy atom. The molecule has 1 saturated carbocycles. The zero-order valence-electron chi connectivity index (χ0n) is 17.5. The summed E-state index contributed by atoms with van der Waals surface area (Å²) in [5.41, 5.74) is 3.24. The van der Waals surface area contributed by atoms with E-state index in [-0.39, 0.29) is 77.9 Å². The second-order valence-corrected chi connectivity index (χ2v) is 7.02. The van der Waals surface area contributed by atoms with Gasteiger partial charge in [-0.05, 0) is 48.2 Å². The van der Waals surface area contributed by atoms with Crippen molar-refractivity contribution in [1.82, 2.24) is 0 Å². The Morgan fingerprint density at radius 3 is 1.44 bits per heavy atom. The molecule has 4 nitrogen and oxygen atoms in total. The molecule has 0 aliphatic heterocycles. The SMILES string of the molecule is C=Cc1ccc(O)c(C=NC2CCCCC2N=Cc2cc(C=C)ccc2O)c1.[Cl-].[Cl-].[Cl-].[Mn+3]. The third kappa shape index (κ3) is 8.65. The average Bonchev–Trinajstić information content (AvgIpc) is 2.73. The maximum absolute atomic E-state index is 10.1. The van der Waals surface area contributed by atoms with Crippen LogP contribution in [-0.2, 0) is 17.1 Å². The molecular weight excluding hydrogens is 510 g/mol. The van der Waals surface area contributed by atoms with E-state index in [9.17, 15) is 10.2 Å². The van der Waals surface area contributed by atoms with Crippen molar-refractivity contribution < 1.29 is 64.5 Å². The number of rotatable bonds is 6. The summed E-state index contributed by atoms with van der Waals surface area (Å²) < 4.78 is 0. The maximum atomic E-state index is 10.1. The van der Waals surface area contributed by atoms with Crippen LogP contribution in [0.25, 0.3) is 12.2 Å². The molecule has 8 heteroatoms. The Kier molecular flexibility index (Phi) is 16.2. The normalized spacial score (nSPS) is 17.4. The number of phenols is 2. The first-order chi connectivity index (χ1) is 13.6. The molecule has 0 bridgehead atoms. The van der Waals surface area contributed by atoms with Crippen molar-refractivity contribution in [3.8, 4) is 11.5 Å². The van der Waals surface area contributed by atoms with E-state index < -0.39 is 0 Å². The molecule has 1 fully saturated rings. The Hall–Kier alpha value is -1.75. The quantitative estimate of drug-likeness (QED) is 0.295. The van der Waals surface area contributed by atoms with Gasteiger partial charge in [0, 0.05) is 23.6 Å². The fraction of sp³-hybridized carbons (Fsp3) is 0.250. The summed E-state index contributed by atoms with van der Waals surface area (Å²) in [6.45, 7) is 7.53. The second kappa shape index (κ2) is 16.0. The number of aliphatic imine (C=N–C) groups is 2. The van der Waals surface area contributed by atoms with Gasteiger partial charge in [-0.25, -0.2) is 0 Å². The van der Waals surface area contributed by atoms with Crippen LogP contribution in [0.1, 0.15) is 47.9 Å². The Morgan fingerprint density at radius 2 is 1.09 bits per heavy atom. The van der Waals surface area contributed by atoms with Crippen LogP contribution >= 0.6 is 0 Å². The molecule has 0 radical (unpaired) electrons. The molecule has 1 aliphatic rings. The van der Waals surface area contributed by atoms with Crippen molar-refractivity contribution in [2.45, 2.75) is 37.8 Å². The van der Waals surface area contributed by atoms with Crippen LogP contribution in [0, 0.1) is 0 Å². The number of nitrogens with zero attached hydrogens (tertiary/aromatic N) is 2. The van der Waals surface area contributed by atoms with Gasteiger partial charge < -0.3 is 47.4 Å². The molecule has 1 aliphatic carbocycles. The molecule has 0 aromatic heterocycles. The number of hydrogen-bond acceptors (Lipinski definition) is 4. The second-order valence-electron chi connectivity index (χ2n) is 7.02. The molecular formula is C24H26Cl3MnN2O2. The van der Waals surface area contributed by atoms with E-state index in [0.717, 1.165) is 36.8 Å². The summed E-state index contributed by atoms with van der Waals surface area (Å²) >= 11 is 0. The molecule has 2 atom stereocenters. The fourth-order valence-electron chi connectivity index (χ4n) is 3.40. The molecule has 2 N–H and O–H groups in total. The number of hydrogen-bond donors (Lipinski definition) is 2. The van der Waals surface area contributed by atoms with Gasteiger partial charge in [0.25, 0.3) is 0 Å². The van der Waals surface area contributed by atoms with E-state index >= 15 is 0 Å². The Balaban J connectivity index is 0. The molecule has 0 heterocycles. The first kappa shape index (κ1) is 32.4. The van der Waals surface area contributed by atoms with Crippen molar-refractivity contribution in [1.29, 1.82) is 0 Å². The maximum Gasteiger partial charge on any atom is 3.00 e. The van der Waals surface area contributed by atoms with Crippen LogP contribution in [0.2, 0.25) is 0 Å². The summed E-state index contributed by atoms with van der Waals surface area (Å²) in [6, 6.07) is 10.8. The standard InChI is InChI=1S/C24H26N2O2.3ClH.Mn/c1-3-17-9-11-23(27)19(13-17)15-25-21-7-5-6-8-22(21)26-16-20-14-18(4-2)10-12-24(20)28;;;;/h3-4,9-16,21-22,27-28H,1-2,5-8H2;3*1H;/q;;;;+3/p-3. The van der Waals surface area contributed by atoms with Crippen molar-refractivity contribution in [3.63, 3.8) is 0 Å². The summed E-state index contributed by atoms with van der Waals surface area (Å²) in [7, 11) is 0. The van der Waals surface area contributed by atoms with Crippen LogP contribution in [0.5, 0.6) is 11.5 Å². The van der Waals surface area contributed by atoms with Gasteiger partial charge in [0.1, 0.15) is 11.5 Å². The van der Waals surface area contributed by atoms with Crippen molar-refractivity contribution in [2.24, 2.45) is 9.98 Å². The topological polar surface area (TPSA) is 65.2 Å². The zero-order valence-corrected chi connectivity index (χ0v) is 20.9. The van der Waals surface area contributed by atoms with Gasteiger partial charge in [-0.15, -0.1) is 0 Å². The molecule has 0 amide bonds. The smallest absolute Gasteiger partial charge is 1.00 e. The van der Waals surface area contributed by atoms with E-state index in [0.29, 0.717) is 11.1 Å². The largest absolute Gasteiger partial charge is 3.00 e. The summed E-state index contributed by atoms with van der Waals surface area (Å²) in [5, 5.41) is 20.1. The molecule has 2 unspecified atom stereocenters. The summed E-state index contributed by atoms with van der Waals surface area (Å²) in [6.07, 6.45) is 11.1. The molecule has 0 spiro atoms. The summed E-state index contributed by atoms with van der Waals surface area (Å²) in [4.78, 5) is 9.46. The van der Waals surface area contributed by atoms with Gasteiger partial charge in [0.15, 0.2) is 0 Å². The Bertz CT molecular complexity index is 860. The first-order valence-electron chi connectivity index (χ1n) is 9.58. The van der Waals surface area contributed by atoms with Gasteiger partial charge in [0.2, 0.25) is 0 Å². The third-order valence-electron chi connectivity index (χ3n) is 5.08. The first-order valence-corrected chi connectivity index (χ1v) is 9.58. The van der Waals surface area contributed by atoms with E-state index in [1.807, 2.05) is 24.3 Å². The van der Waals surface area contributed by atoms with E-state index in [2.05, 4.69) is 13.2 Å². The zero-order chi connectivity index (χ0) is 19.9. The van der Waals surface area contributed by atoms with Crippen molar-refractivity contribution >= 4 is 24.6 Å². The predicted octanol–water partition coefficient (Wildman–Crippen LogP) is -3.76. The minimum Gasteiger partial charge on any atom is -1.00 e. The van der Waals surface area contributed by atoms with Crippen LogP contribution in [0.3, 0.4) is 0 Å². The molecule has 172 valence electrons. The molecule has 0 saturated heterocycles. The predicted molar refractivity (Wildman–Crippen MR) is 118 cm³/mol. The monoisotopic (exact) mass is 534 g/mol. The molecule has 2 aromatic rings. The minimum absolute atomic E-state index is 0. The number of phenolic OH excluding ortho intramolecular Hbond substituents is 2.